The largest absolute Gasteiger partial charge is 0.511 e. The summed E-state index contributed by atoms with van der Waals surface area (Å²) in [6, 6.07) is 1.46. The molecule has 6 N–H and O–H groups in total. The fraction of sp³-hybridized carbons (Fsp3) is 0.552. The van der Waals surface area contributed by atoms with Gasteiger partial charge < -0.3 is 31.1 Å². The van der Waals surface area contributed by atoms with Gasteiger partial charge in [0.05, 0.1) is 5.56 Å². The summed E-state index contributed by atoms with van der Waals surface area (Å²) < 4.78 is 0. The van der Waals surface area contributed by atoms with Crippen LogP contribution in [0.5, 0.6) is 5.75 Å². The van der Waals surface area contributed by atoms with Crippen LogP contribution in [0, 0.1) is 17.8 Å². The van der Waals surface area contributed by atoms with E-state index < -0.39 is 52.0 Å². The maximum atomic E-state index is 13.6. The molecular weight excluding hydrogens is 524 g/mol. The van der Waals surface area contributed by atoms with Gasteiger partial charge >= 0.3 is 0 Å². The Hall–Kier alpha value is -2.88. The average molecular weight is 559 g/mol. The van der Waals surface area contributed by atoms with Crippen LogP contribution < -0.4 is 5.73 Å². The Balaban J connectivity index is 1.44. The first kappa shape index (κ1) is 27.7. The number of ketones is 2. The summed E-state index contributed by atoms with van der Waals surface area (Å²) >= 11 is 6.82. The SMILES string of the molecule is CN(CCC1CCCCC1)Cc1cc(O)c2c(c1Cl)CC1C[C@H]3CC(O)=C(C(N)=O)C(=O)[C@@]3(O)C(O)=C1C2=O. The fourth-order valence-corrected chi connectivity index (χ4v) is 7.37. The number of halogens is 1. The second kappa shape index (κ2) is 10.3. The van der Waals surface area contributed by atoms with Gasteiger partial charge in [0.1, 0.15) is 22.8 Å². The third-order valence-corrected chi connectivity index (χ3v) is 9.63. The molecule has 39 heavy (non-hydrogen) atoms. The number of fused-ring (bicyclic) bond motifs is 3. The number of allylic oxidation sites excluding steroid dienone is 2. The summed E-state index contributed by atoms with van der Waals surface area (Å²) in [5.74, 6) is -5.74. The van der Waals surface area contributed by atoms with Crippen molar-refractivity contribution in [3.05, 3.63) is 50.4 Å². The van der Waals surface area contributed by atoms with E-state index in [9.17, 15) is 34.8 Å². The first-order chi connectivity index (χ1) is 18.4. The standard InChI is InChI=1S/C29H35ClN2O7/c1-32(8-7-14-5-3-2-4-6-14)13-16-11-19(33)22-18(24(16)30)10-15-9-17-12-20(34)23(28(31)38)27(37)29(17,39)26(36)21(15)25(22)35/h11,14-15,17,33-34,36,39H,2-10,12-13H2,1H3,(H2,31,38)/t15?,17-,29-/m0/s1. The van der Waals surface area contributed by atoms with Crippen LogP contribution in [0.15, 0.2) is 28.7 Å². The van der Waals surface area contributed by atoms with Gasteiger partial charge in [-0.15, -0.1) is 0 Å². The minimum absolute atomic E-state index is 0.0646. The van der Waals surface area contributed by atoms with Gasteiger partial charge in [-0.2, -0.15) is 0 Å². The number of primary amides is 1. The molecule has 0 spiro atoms. The van der Waals surface area contributed by atoms with Crippen molar-refractivity contribution in [2.45, 2.75) is 69.9 Å². The molecule has 1 unspecified atom stereocenters. The molecule has 1 amide bonds. The maximum Gasteiger partial charge on any atom is 0.255 e. The van der Waals surface area contributed by atoms with Crippen LogP contribution in [0.3, 0.4) is 0 Å². The topological polar surface area (TPSA) is 161 Å². The highest BCUT2D eigenvalue weighted by Gasteiger charge is 2.59. The zero-order valence-corrected chi connectivity index (χ0v) is 22.8. The van der Waals surface area contributed by atoms with Crippen molar-refractivity contribution in [2.24, 2.45) is 23.5 Å². The molecular formula is C29H35ClN2O7. The van der Waals surface area contributed by atoms with Crippen molar-refractivity contribution >= 4 is 29.1 Å². The first-order valence-electron chi connectivity index (χ1n) is 13.6. The molecule has 3 atom stereocenters. The molecule has 0 radical (unpaired) electrons. The number of hydrogen-bond acceptors (Lipinski definition) is 8. The molecule has 1 aromatic carbocycles. The van der Waals surface area contributed by atoms with Crippen LogP contribution in [0.4, 0.5) is 0 Å². The lowest BCUT2D eigenvalue weighted by atomic mass is 9.60. The van der Waals surface area contributed by atoms with E-state index in [-0.39, 0.29) is 36.1 Å². The van der Waals surface area contributed by atoms with Crippen molar-refractivity contribution in [1.29, 1.82) is 0 Å². The predicted molar refractivity (Wildman–Crippen MR) is 143 cm³/mol. The number of aromatic hydroxyl groups is 1. The van der Waals surface area contributed by atoms with Crippen LogP contribution in [-0.2, 0) is 22.6 Å². The molecule has 1 fully saturated rings. The van der Waals surface area contributed by atoms with Crippen LogP contribution in [-0.4, -0.2) is 62.0 Å². The van der Waals surface area contributed by atoms with E-state index in [1.54, 1.807) is 0 Å². The molecule has 10 heteroatoms. The maximum absolute atomic E-state index is 13.6. The second-order valence-electron chi connectivity index (χ2n) is 11.7. The van der Waals surface area contributed by atoms with E-state index in [2.05, 4.69) is 4.90 Å². The molecule has 0 aromatic heterocycles. The van der Waals surface area contributed by atoms with Crippen molar-refractivity contribution in [1.82, 2.24) is 4.90 Å². The molecule has 210 valence electrons. The van der Waals surface area contributed by atoms with Crippen molar-refractivity contribution in [2.75, 3.05) is 13.6 Å². The number of aliphatic hydroxyl groups is 3. The number of carbonyl (C=O) groups is 3. The minimum atomic E-state index is -2.57. The molecule has 0 bridgehead atoms. The number of phenols is 1. The van der Waals surface area contributed by atoms with Gasteiger partial charge in [0.15, 0.2) is 11.4 Å². The van der Waals surface area contributed by atoms with Crippen LogP contribution >= 0.6 is 11.6 Å². The van der Waals surface area contributed by atoms with Crippen LogP contribution in [0.1, 0.15) is 72.9 Å². The number of aliphatic hydroxyl groups excluding tert-OH is 2. The van der Waals surface area contributed by atoms with Gasteiger partial charge in [-0.1, -0.05) is 43.7 Å². The van der Waals surface area contributed by atoms with E-state index in [4.69, 9.17) is 17.3 Å². The monoisotopic (exact) mass is 558 g/mol. The van der Waals surface area contributed by atoms with Gasteiger partial charge in [0.2, 0.25) is 5.78 Å². The van der Waals surface area contributed by atoms with Gasteiger partial charge in [-0.25, -0.2) is 0 Å². The van der Waals surface area contributed by atoms with Gasteiger partial charge in [-0.05, 0) is 61.9 Å². The zero-order valence-electron chi connectivity index (χ0n) is 22.0. The number of rotatable bonds is 6. The Labute approximate surface area is 231 Å². The van der Waals surface area contributed by atoms with Gasteiger partial charge in [0, 0.05) is 29.5 Å². The quantitative estimate of drug-likeness (QED) is 0.331. The molecule has 4 aliphatic rings. The highest BCUT2D eigenvalue weighted by Crippen LogP contribution is 2.52. The Kier molecular flexibility index (Phi) is 7.28. The second-order valence-corrected chi connectivity index (χ2v) is 12.0. The number of benzene rings is 1. The number of carbonyl (C=O) groups excluding carboxylic acids is 3. The van der Waals surface area contributed by atoms with Crippen LogP contribution in [0.25, 0.3) is 0 Å². The highest BCUT2D eigenvalue weighted by atomic mass is 35.5. The predicted octanol–water partition coefficient (Wildman–Crippen LogP) is 3.64. The van der Waals surface area contributed by atoms with E-state index in [1.165, 1.54) is 38.2 Å². The Morgan fingerprint density at radius 1 is 1.15 bits per heavy atom. The molecule has 0 aliphatic heterocycles. The molecule has 1 aromatic rings. The fourth-order valence-electron chi connectivity index (χ4n) is 7.09. The summed E-state index contributed by atoms with van der Waals surface area (Å²) in [6.07, 6.45) is 7.52. The summed E-state index contributed by atoms with van der Waals surface area (Å²) in [5, 5.41) is 44.0. The lowest BCUT2D eigenvalue weighted by Gasteiger charge is -2.45. The van der Waals surface area contributed by atoms with E-state index >= 15 is 0 Å². The average Bonchev–Trinajstić information content (AvgIpc) is 2.88. The molecule has 0 saturated heterocycles. The molecule has 0 heterocycles. The molecule has 9 nitrogen and oxygen atoms in total. The number of amides is 1. The lowest BCUT2D eigenvalue weighted by molar-refractivity contribution is -0.144. The lowest BCUT2D eigenvalue weighted by Crippen LogP contribution is -2.57. The zero-order chi connectivity index (χ0) is 28.2. The number of nitrogens with zero attached hydrogens (tertiary/aromatic N) is 1. The summed E-state index contributed by atoms with van der Waals surface area (Å²) in [7, 11) is 2.00. The summed E-state index contributed by atoms with van der Waals surface area (Å²) in [6.45, 7) is 1.38. The number of Topliss-reactive ketones (excluding diaryl/α,β-unsaturated/α-hetero) is 2. The smallest absolute Gasteiger partial charge is 0.255 e. The Morgan fingerprint density at radius 2 is 1.85 bits per heavy atom. The minimum Gasteiger partial charge on any atom is -0.511 e. The van der Waals surface area contributed by atoms with Crippen molar-refractivity contribution in [3.8, 4) is 5.75 Å². The van der Waals surface area contributed by atoms with Crippen molar-refractivity contribution in [3.63, 3.8) is 0 Å². The van der Waals surface area contributed by atoms with Crippen molar-refractivity contribution < 1.29 is 34.8 Å². The van der Waals surface area contributed by atoms with E-state index in [1.807, 2.05) is 7.05 Å². The summed E-state index contributed by atoms with van der Waals surface area (Å²) in [5.41, 5.74) is 2.77. The van der Waals surface area contributed by atoms with Crippen LogP contribution in [0.2, 0.25) is 5.02 Å². The summed E-state index contributed by atoms with van der Waals surface area (Å²) in [4.78, 5) is 40.6. The molecule has 4 aliphatic carbocycles. The Bertz CT molecular complexity index is 1310. The van der Waals surface area contributed by atoms with E-state index in [0.29, 0.717) is 22.7 Å². The first-order valence-corrected chi connectivity index (χ1v) is 14.0. The number of nitrogens with two attached hydrogens (primary N) is 1. The third-order valence-electron chi connectivity index (χ3n) is 9.15. The number of hydrogen-bond donors (Lipinski definition) is 5. The molecule has 1 saturated carbocycles. The highest BCUT2D eigenvalue weighted by molar-refractivity contribution is 6.33. The molecule has 5 rings (SSSR count). The van der Waals surface area contributed by atoms with Gasteiger partial charge in [0.25, 0.3) is 5.91 Å². The van der Waals surface area contributed by atoms with E-state index in [0.717, 1.165) is 18.9 Å². The third kappa shape index (κ3) is 4.54. The Morgan fingerprint density at radius 3 is 2.51 bits per heavy atom. The van der Waals surface area contributed by atoms with Gasteiger partial charge in [-0.3, -0.25) is 14.4 Å². The number of phenolic OH excluding ortho intramolecular Hbond substituents is 1. The normalized spacial score (nSPS) is 27.5.